The molecule has 0 atom stereocenters. The topological polar surface area (TPSA) is 47.0 Å². The number of hydrogen-bond donors (Lipinski definition) is 0. The third kappa shape index (κ3) is 3.32. The zero-order valence-corrected chi connectivity index (χ0v) is 8.89. The van der Waals surface area contributed by atoms with E-state index in [4.69, 9.17) is 0 Å². The first-order chi connectivity index (χ1) is 5.47. The van der Waals surface area contributed by atoms with Gasteiger partial charge in [0.1, 0.15) is 4.60 Å². The monoisotopic (exact) mass is 249 g/mol. The molecule has 0 N–H and O–H groups in total. The van der Waals surface area contributed by atoms with Crippen molar-refractivity contribution >= 4 is 25.8 Å². The Morgan fingerprint density at radius 1 is 1.50 bits per heavy atom. The van der Waals surface area contributed by atoms with E-state index in [-0.39, 0.29) is 5.75 Å². The lowest BCUT2D eigenvalue weighted by atomic mass is 10.3. The lowest BCUT2D eigenvalue weighted by molar-refractivity contribution is 0.601. The maximum absolute atomic E-state index is 10.8. The standard InChI is InChI=1S/C7H8BrNO2S/c1-12(10,11)5-6-2-3-7(8)9-4-6/h2-4H,5H2,1H3. The lowest BCUT2D eigenvalue weighted by Crippen LogP contribution is -2.00. The maximum atomic E-state index is 10.8. The van der Waals surface area contributed by atoms with Crippen LogP contribution < -0.4 is 0 Å². The summed E-state index contributed by atoms with van der Waals surface area (Å²) in [6.45, 7) is 0. The van der Waals surface area contributed by atoms with Crippen molar-refractivity contribution in [3.8, 4) is 0 Å². The summed E-state index contributed by atoms with van der Waals surface area (Å²) in [5, 5.41) is 0. The highest BCUT2D eigenvalue weighted by molar-refractivity contribution is 9.10. The van der Waals surface area contributed by atoms with E-state index in [1.807, 2.05) is 0 Å². The predicted molar refractivity (Wildman–Crippen MR) is 50.5 cm³/mol. The van der Waals surface area contributed by atoms with E-state index in [0.29, 0.717) is 10.2 Å². The molecule has 0 fully saturated rings. The van der Waals surface area contributed by atoms with Gasteiger partial charge in [0.15, 0.2) is 9.84 Å². The second-order valence-electron chi connectivity index (χ2n) is 2.56. The van der Waals surface area contributed by atoms with Crippen LogP contribution in [0.4, 0.5) is 0 Å². The molecule has 66 valence electrons. The SMILES string of the molecule is CS(=O)(=O)Cc1ccc(Br)nc1. The van der Waals surface area contributed by atoms with Crippen LogP contribution in [0.15, 0.2) is 22.9 Å². The molecule has 3 nitrogen and oxygen atoms in total. The molecule has 1 heterocycles. The molecular weight excluding hydrogens is 242 g/mol. The van der Waals surface area contributed by atoms with Crippen LogP contribution in [0.2, 0.25) is 0 Å². The largest absolute Gasteiger partial charge is 0.249 e. The Morgan fingerprint density at radius 2 is 2.17 bits per heavy atom. The van der Waals surface area contributed by atoms with Gasteiger partial charge in [0.25, 0.3) is 0 Å². The molecule has 0 aliphatic carbocycles. The van der Waals surface area contributed by atoms with E-state index < -0.39 is 9.84 Å². The van der Waals surface area contributed by atoms with Gasteiger partial charge < -0.3 is 0 Å². The molecule has 1 aromatic heterocycles. The molecule has 0 spiro atoms. The van der Waals surface area contributed by atoms with Crippen molar-refractivity contribution in [3.63, 3.8) is 0 Å². The van der Waals surface area contributed by atoms with E-state index in [2.05, 4.69) is 20.9 Å². The Balaban J connectivity index is 2.85. The summed E-state index contributed by atoms with van der Waals surface area (Å²) in [4.78, 5) is 3.92. The van der Waals surface area contributed by atoms with Gasteiger partial charge in [-0.1, -0.05) is 6.07 Å². The minimum atomic E-state index is -2.95. The summed E-state index contributed by atoms with van der Waals surface area (Å²) in [6, 6.07) is 3.46. The Morgan fingerprint density at radius 3 is 2.58 bits per heavy atom. The van der Waals surface area contributed by atoms with Crippen molar-refractivity contribution in [2.75, 3.05) is 6.26 Å². The van der Waals surface area contributed by atoms with Gasteiger partial charge in [-0.3, -0.25) is 0 Å². The number of halogens is 1. The number of aromatic nitrogens is 1. The number of nitrogens with zero attached hydrogens (tertiary/aromatic N) is 1. The number of hydrogen-bond acceptors (Lipinski definition) is 3. The Bertz CT molecular complexity index is 357. The Hall–Kier alpha value is -0.420. The highest BCUT2D eigenvalue weighted by Gasteiger charge is 2.03. The van der Waals surface area contributed by atoms with Crippen molar-refractivity contribution in [1.82, 2.24) is 4.98 Å². The zero-order valence-electron chi connectivity index (χ0n) is 6.49. The molecule has 0 aliphatic rings. The fraction of sp³-hybridized carbons (Fsp3) is 0.286. The molecule has 0 amide bonds. The first kappa shape index (κ1) is 9.67. The third-order valence-electron chi connectivity index (χ3n) is 1.22. The van der Waals surface area contributed by atoms with Gasteiger partial charge in [0, 0.05) is 12.5 Å². The molecule has 1 aromatic rings. The fourth-order valence-corrected chi connectivity index (χ4v) is 1.81. The van der Waals surface area contributed by atoms with Gasteiger partial charge in [0.05, 0.1) is 5.75 Å². The Kier molecular flexibility index (Phi) is 2.85. The highest BCUT2D eigenvalue weighted by Crippen LogP contribution is 2.08. The van der Waals surface area contributed by atoms with Crippen molar-refractivity contribution in [1.29, 1.82) is 0 Å². The molecule has 5 heteroatoms. The normalized spacial score (nSPS) is 11.5. The minimum Gasteiger partial charge on any atom is -0.249 e. The fourth-order valence-electron chi connectivity index (χ4n) is 0.795. The molecule has 0 bridgehead atoms. The zero-order chi connectivity index (χ0) is 9.19. The van der Waals surface area contributed by atoms with Crippen LogP contribution in [0.5, 0.6) is 0 Å². The van der Waals surface area contributed by atoms with Crippen LogP contribution in [0.25, 0.3) is 0 Å². The van der Waals surface area contributed by atoms with Crippen molar-refractivity contribution < 1.29 is 8.42 Å². The lowest BCUT2D eigenvalue weighted by Gasteiger charge is -1.97. The first-order valence-electron chi connectivity index (χ1n) is 3.25. The summed E-state index contributed by atoms with van der Waals surface area (Å²) in [5.74, 6) is 0.0489. The molecule has 12 heavy (non-hydrogen) atoms. The number of sulfone groups is 1. The second kappa shape index (κ2) is 3.53. The van der Waals surface area contributed by atoms with Crippen LogP contribution in [-0.2, 0) is 15.6 Å². The molecule has 1 rings (SSSR count). The second-order valence-corrected chi connectivity index (χ2v) is 5.51. The summed E-state index contributed by atoms with van der Waals surface area (Å²) in [7, 11) is -2.95. The molecule has 0 unspecified atom stereocenters. The van der Waals surface area contributed by atoms with E-state index in [0.717, 1.165) is 0 Å². The van der Waals surface area contributed by atoms with Gasteiger partial charge in [-0.25, -0.2) is 13.4 Å². The van der Waals surface area contributed by atoms with Crippen LogP contribution in [-0.4, -0.2) is 19.7 Å². The summed E-state index contributed by atoms with van der Waals surface area (Å²) >= 11 is 3.16. The minimum absolute atomic E-state index is 0.0489. The van der Waals surface area contributed by atoms with E-state index in [1.54, 1.807) is 18.3 Å². The molecule has 0 saturated carbocycles. The van der Waals surface area contributed by atoms with Crippen LogP contribution in [0.3, 0.4) is 0 Å². The maximum Gasteiger partial charge on any atom is 0.151 e. The Labute approximate surface area is 79.9 Å². The predicted octanol–water partition coefficient (Wildman–Crippen LogP) is 1.39. The smallest absolute Gasteiger partial charge is 0.151 e. The molecular formula is C7H8BrNO2S. The van der Waals surface area contributed by atoms with Crippen LogP contribution in [0, 0.1) is 0 Å². The first-order valence-corrected chi connectivity index (χ1v) is 6.11. The van der Waals surface area contributed by atoms with E-state index in [1.165, 1.54) is 6.26 Å². The molecule has 0 radical (unpaired) electrons. The van der Waals surface area contributed by atoms with Crippen molar-refractivity contribution in [2.24, 2.45) is 0 Å². The van der Waals surface area contributed by atoms with Gasteiger partial charge in [-0.2, -0.15) is 0 Å². The van der Waals surface area contributed by atoms with Crippen LogP contribution >= 0.6 is 15.9 Å². The van der Waals surface area contributed by atoms with E-state index in [9.17, 15) is 8.42 Å². The van der Waals surface area contributed by atoms with Gasteiger partial charge in [0.2, 0.25) is 0 Å². The van der Waals surface area contributed by atoms with Gasteiger partial charge in [-0.05, 0) is 27.6 Å². The number of pyridine rings is 1. The quantitative estimate of drug-likeness (QED) is 0.745. The van der Waals surface area contributed by atoms with Crippen molar-refractivity contribution in [3.05, 3.63) is 28.5 Å². The summed E-state index contributed by atoms with van der Waals surface area (Å²) in [5.41, 5.74) is 0.709. The van der Waals surface area contributed by atoms with Gasteiger partial charge >= 0.3 is 0 Å². The summed E-state index contributed by atoms with van der Waals surface area (Å²) in [6.07, 6.45) is 2.75. The average molecular weight is 250 g/mol. The third-order valence-corrected chi connectivity index (χ3v) is 2.54. The van der Waals surface area contributed by atoms with Crippen molar-refractivity contribution in [2.45, 2.75) is 5.75 Å². The average Bonchev–Trinajstić information content (AvgIpc) is 1.91. The summed E-state index contributed by atoms with van der Waals surface area (Å²) < 4.78 is 22.4. The molecule has 0 aliphatic heterocycles. The van der Waals surface area contributed by atoms with E-state index >= 15 is 0 Å². The molecule has 0 saturated heterocycles. The van der Waals surface area contributed by atoms with Gasteiger partial charge in [-0.15, -0.1) is 0 Å². The van der Waals surface area contributed by atoms with Crippen LogP contribution in [0.1, 0.15) is 5.56 Å². The highest BCUT2D eigenvalue weighted by atomic mass is 79.9. The molecule has 0 aromatic carbocycles. The number of rotatable bonds is 2.